The van der Waals surface area contributed by atoms with Crippen molar-refractivity contribution in [2.75, 3.05) is 0 Å². The van der Waals surface area contributed by atoms with Gasteiger partial charge in [-0.15, -0.1) is 6.58 Å². The Morgan fingerprint density at radius 1 is 1.09 bits per heavy atom. The molecule has 3 rings (SSSR count). The molecule has 1 atom stereocenters. The van der Waals surface area contributed by atoms with Crippen molar-refractivity contribution in [1.29, 1.82) is 0 Å². The summed E-state index contributed by atoms with van der Waals surface area (Å²) in [6.07, 6.45) is 5.33. The molecule has 1 aliphatic carbocycles. The second-order valence-corrected chi connectivity index (χ2v) is 6.01. The molecule has 0 fully saturated rings. The van der Waals surface area contributed by atoms with E-state index >= 15 is 0 Å². The molecule has 0 N–H and O–H groups in total. The fourth-order valence-electron chi connectivity index (χ4n) is 2.78. The molecule has 0 heterocycles. The van der Waals surface area contributed by atoms with Crippen LogP contribution >= 0.6 is 11.6 Å². The van der Waals surface area contributed by atoms with Crippen LogP contribution in [0.5, 0.6) is 0 Å². The molecular formula is C20H16ClF. The summed E-state index contributed by atoms with van der Waals surface area (Å²) in [6, 6.07) is 11.0. The highest BCUT2D eigenvalue weighted by Crippen LogP contribution is 2.26. The van der Waals surface area contributed by atoms with E-state index in [1.54, 1.807) is 6.07 Å². The monoisotopic (exact) mass is 310 g/mol. The Hall–Kier alpha value is -2.04. The molecule has 0 nitrogen and oxygen atoms in total. The van der Waals surface area contributed by atoms with E-state index in [1.165, 1.54) is 23.3 Å². The van der Waals surface area contributed by atoms with Crippen LogP contribution in [0.2, 0.25) is 5.02 Å². The molecule has 0 amide bonds. The quantitative estimate of drug-likeness (QED) is 0.503. The fourth-order valence-corrected chi connectivity index (χ4v) is 2.90. The Morgan fingerprint density at radius 3 is 2.55 bits per heavy atom. The van der Waals surface area contributed by atoms with E-state index in [9.17, 15) is 4.39 Å². The largest absolute Gasteiger partial charge is 0.205 e. The molecule has 22 heavy (non-hydrogen) atoms. The third-order valence-electron chi connectivity index (χ3n) is 4.08. The van der Waals surface area contributed by atoms with Crippen LogP contribution in [0.1, 0.15) is 28.7 Å². The van der Waals surface area contributed by atoms with Crippen LogP contribution in [-0.4, -0.2) is 0 Å². The van der Waals surface area contributed by atoms with Crippen molar-refractivity contribution in [3.63, 3.8) is 0 Å². The molecule has 110 valence electrons. The maximum Gasteiger partial charge on any atom is 0.143 e. The molecule has 0 bridgehead atoms. The van der Waals surface area contributed by atoms with Crippen LogP contribution in [0.25, 0.3) is 0 Å². The number of fused-ring (bicyclic) bond motifs is 1. The lowest BCUT2D eigenvalue weighted by Crippen LogP contribution is -2.12. The van der Waals surface area contributed by atoms with E-state index in [0.717, 1.165) is 24.8 Å². The molecule has 2 aromatic rings. The van der Waals surface area contributed by atoms with Gasteiger partial charge >= 0.3 is 0 Å². The van der Waals surface area contributed by atoms with Crippen molar-refractivity contribution >= 4 is 11.6 Å². The SMILES string of the molecule is C=CC1CCc2cc(C#Cc3ccc(Cl)c(F)c3)ccc2C1. The Balaban J connectivity index is 1.84. The van der Waals surface area contributed by atoms with E-state index in [4.69, 9.17) is 11.6 Å². The van der Waals surface area contributed by atoms with Crippen LogP contribution in [0.4, 0.5) is 4.39 Å². The second-order valence-electron chi connectivity index (χ2n) is 5.60. The molecule has 0 saturated heterocycles. The summed E-state index contributed by atoms with van der Waals surface area (Å²) >= 11 is 5.67. The second kappa shape index (κ2) is 6.38. The summed E-state index contributed by atoms with van der Waals surface area (Å²) < 4.78 is 13.4. The van der Waals surface area contributed by atoms with Crippen molar-refractivity contribution < 1.29 is 4.39 Å². The van der Waals surface area contributed by atoms with Gasteiger partial charge in [0.2, 0.25) is 0 Å². The standard InChI is InChI=1S/C20H16ClF/c1-2-14-5-8-18-12-15(6-9-17(18)11-14)3-4-16-7-10-19(21)20(22)13-16/h2,6-7,9-10,12-14H,1,5,8,11H2. The van der Waals surface area contributed by atoms with Crippen molar-refractivity contribution in [3.8, 4) is 11.8 Å². The van der Waals surface area contributed by atoms with Crippen molar-refractivity contribution in [2.45, 2.75) is 19.3 Å². The number of halogens is 2. The first kappa shape index (κ1) is 14.9. The van der Waals surface area contributed by atoms with Gasteiger partial charge in [-0.1, -0.05) is 35.6 Å². The van der Waals surface area contributed by atoms with Gasteiger partial charge in [0.05, 0.1) is 5.02 Å². The first-order valence-corrected chi connectivity index (χ1v) is 7.75. The van der Waals surface area contributed by atoms with Gasteiger partial charge in [0, 0.05) is 11.1 Å². The van der Waals surface area contributed by atoms with Crippen LogP contribution in [0.3, 0.4) is 0 Å². The summed E-state index contributed by atoms with van der Waals surface area (Å²) in [6.45, 7) is 3.89. The van der Waals surface area contributed by atoms with Crippen LogP contribution in [0.15, 0.2) is 49.1 Å². The van der Waals surface area contributed by atoms with Crippen LogP contribution in [-0.2, 0) is 12.8 Å². The molecule has 1 aliphatic rings. The van der Waals surface area contributed by atoms with Gasteiger partial charge in [-0.25, -0.2) is 4.39 Å². The lowest BCUT2D eigenvalue weighted by atomic mass is 9.83. The minimum atomic E-state index is -0.436. The summed E-state index contributed by atoms with van der Waals surface area (Å²) in [4.78, 5) is 0. The molecular weight excluding hydrogens is 295 g/mol. The van der Waals surface area contributed by atoms with Gasteiger partial charge in [0.1, 0.15) is 5.82 Å². The lowest BCUT2D eigenvalue weighted by molar-refractivity contribution is 0.554. The number of rotatable bonds is 1. The minimum Gasteiger partial charge on any atom is -0.205 e. The lowest BCUT2D eigenvalue weighted by Gasteiger charge is -2.22. The van der Waals surface area contributed by atoms with Crippen molar-refractivity contribution in [1.82, 2.24) is 0 Å². The highest BCUT2D eigenvalue weighted by atomic mass is 35.5. The van der Waals surface area contributed by atoms with Crippen molar-refractivity contribution in [2.24, 2.45) is 5.92 Å². The molecule has 0 radical (unpaired) electrons. The first-order chi connectivity index (χ1) is 10.7. The highest BCUT2D eigenvalue weighted by molar-refractivity contribution is 6.30. The van der Waals surface area contributed by atoms with Gasteiger partial charge in [-0.3, -0.25) is 0 Å². The Bertz CT molecular complexity index is 780. The molecule has 1 unspecified atom stereocenters. The number of hydrogen-bond acceptors (Lipinski definition) is 0. The van der Waals surface area contributed by atoms with Gasteiger partial charge < -0.3 is 0 Å². The smallest absolute Gasteiger partial charge is 0.143 e. The van der Waals surface area contributed by atoms with E-state index in [0.29, 0.717) is 11.5 Å². The zero-order chi connectivity index (χ0) is 15.5. The topological polar surface area (TPSA) is 0 Å². The van der Waals surface area contributed by atoms with E-state index in [-0.39, 0.29) is 5.02 Å². The Kier molecular flexibility index (Phi) is 4.32. The highest BCUT2D eigenvalue weighted by Gasteiger charge is 2.15. The fraction of sp³-hybridized carbons (Fsp3) is 0.200. The summed E-state index contributed by atoms with van der Waals surface area (Å²) in [7, 11) is 0. The third kappa shape index (κ3) is 3.24. The van der Waals surface area contributed by atoms with Crippen LogP contribution in [0, 0.1) is 23.6 Å². The van der Waals surface area contributed by atoms with E-state index in [1.807, 2.05) is 12.1 Å². The summed E-state index contributed by atoms with van der Waals surface area (Å²) in [5, 5.41) is 0.121. The summed E-state index contributed by atoms with van der Waals surface area (Å²) in [5.74, 6) is 6.24. The first-order valence-electron chi connectivity index (χ1n) is 7.37. The third-order valence-corrected chi connectivity index (χ3v) is 4.38. The predicted octanol–water partition coefficient (Wildman–Crippen LogP) is 5.17. The number of aryl methyl sites for hydroxylation is 1. The average molecular weight is 311 g/mol. The minimum absolute atomic E-state index is 0.121. The summed E-state index contributed by atoms with van der Waals surface area (Å²) in [5.41, 5.74) is 4.35. The maximum absolute atomic E-state index is 13.4. The zero-order valence-electron chi connectivity index (χ0n) is 12.2. The molecule has 0 spiro atoms. The number of allylic oxidation sites excluding steroid dienone is 1. The molecule has 2 aromatic carbocycles. The van der Waals surface area contributed by atoms with Gasteiger partial charge in [-0.2, -0.15) is 0 Å². The molecule has 0 aromatic heterocycles. The van der Waals surface area contributed by atoms with Gasteiger partial charge in [0.25, 0.3) is 0 Å². The van der Waals surface area contributed by atoms with Crippen molar-refractivity contribution in [3.05, 3.63) is 82.1 Å². The number of benzene rings is 2. The Labute approximate surface area is 135 Å². The maximum atomic E-state index is 13.4. The van der Waals surface area contributed by atoms with Gasteiger partial charge in [-0.05, 0) is 66.6 Å². The van der Waals surface area contributed by atoms with E-state index in [2.05, 4.69) is 30.6 Å². The molecule has 0 aliphatic heterocycles. The van der Waals surface area contributed by atoms with Crippen LogP contribution < -0.4 is 0 Å². The number of hydrogen-bond donors (Lipinski definition) is 0. The molecule has 0 saturated carbocycles. The Morgan fingerprint density at radius 2 is 1.82 bits per heavy atom. The van der Waals surface area contributed by atoms with E-state index < -0.39 is 5.82 Å². The van der Waals surface area contributed by atoms with Gasteiger partial charge in [0.15, 0.2) is 0 Å². The molecule has 2 heteroatoms. The predicted molar refractivity (Wildman–Crippen MR) is 89.5 cm³/mol. The average Bonchev–Trinajstić information content (AvgIpc) is 2.55. The zero-order valence-corrected chi connectivity index (χ0v) is 13.0. The normalized spacial score (nSPS) is 16.4.